The van der Waals surface area contributed by atoms with Crippen molar-refractivity contribution in [2.75, 3.05) is 6.54 Å². The molecule has 0 spiro atoms. The van der Waals surface area contributed by atoms with Crippen molar-refractivity contribution >= 4 is 45.6 Å². The van der Waals surface area contributed by atoms with Crippen LogP contribution in [0, 0.1) is 0 Å². The first-order valence-electron chi connectivity index (χ1n) is 5.17. The van der Waals surface area contributed by atoms with Crippen LogP contribution in [0.3, 0.4) is 0 Å². The van der Waals surface area contributed by atoms with E-state index in [4.69, 9.17) is 0 Å². The highest BCUT2D eigenvalue weighted by atomic mass is 79.9. The summed E-state index contributed by atoms with van der Waals surface area (Å²) >= 11 is 5.09. The van der Waals surface area contributed by atoms with Crippen LogP contribution in [-0.4, -0.2) is 17.4 Å². The van der Waals surface area contributed by atoms with Crippen LogP contribution in [0.1, 0.15) is 15.2 Å². The van der Waals surface area contributed by atoms with E-state index >= 15 is 0 Å². The van der Waals surface area contributed by atoms with Crippen LogP contribution in [0.4, 0.5) is 0 Å². The number of nitrogens with one attached hydrogen (secondary N) is 1. The number of carbonyl (C=O) groups is 1. The van der Waals surface area contributed by atoms with Gasteiger partial charge in [0, 0.05) is 33.7 Å². The minimum atomic E-state index is -0.0753. The Morgan fingerprint density at radius 1 is 1.50 bits per heavy atom. The van der Waals surface area contributed by atoms with Crippen molar-refractivity contribution in [3.63, 3.8) is 0 Å². The number of thiophene rings is 1. The van der Waals surface area contributed by atoms with Crippen LogP contribution >= 0.6 is 39.7 Å². The van der Waals surface area contributed by atoms with Crippen molar-refractivity contribution in [1.29, 1.82) is 0 Å². The molecule has 3 nitrogen and oxygen atoms in total. The number of hydrogen-bond donors (Lipinski definition) is 1. The first kappa shape index (κ1) is 15.1. The fourth-order valence-electron chi connectivity index (χ4n) is 1.38. The van der Waals surface area contributed by atoms with E-state index in [2.05, 4.69) is 32.3 Å². The summed E-state index contributed by atoms with van der Waals surface area (Å²) in [4.78, 5) is 16.8. The summed E-state index contributed by atoms with van der Waals surface area (Å²) in [5.41, 5.74) is 0.597. The zero-order valence-corrected chi connectivity index (χ0v) is 12.6. The van der Waals surface area contributed by atoms with Crippen molar-refractivity contribution in [1.82, 2.24) is 10.3 Å². The maximum absolute atomic E-state index is 11.7. The maximum Gasteiger partial charge on any atom is 0.252 e. The van der Waals surface area contributed by atoms with Crippen LogP contribution in [0.2, 0.25) is 0 Å². The van der Waals surface area contributed by atoms with Gasteiger partial charge in [0.1, 0.15) is 0 Å². The van der Waals surface area contributed by atoms with Gasteiger partial charge in [-0.05, 0) is 40.5 Å². The van der Waals surface area contributed by atoms with E-state index in [9.17, 15) is 4.79 Å². The number of hydrogen-bond acceptors (Lipinski definition) is 3. The molecule has 0 bridgehead atoms. The highest BCUT2D eigenvalue weighted by Gasteiger charge is 2.04. The molecule has 96 valence electrons. The summed E-state index contributed by atoms with van der Waals surface area (Å²) in [7, 11) is 0. The lowest BCUT2D eigenvalue weighted by Gasteiger charge is -2.03. The Labute approximate surface area is 124 Å². The van der Waals surface area contributed by atoms with Gasteiger partial charge >= 0.3 is 0 Å². The third-order valence-electron chi connectivity index (χ3n) is 2.20. The summed E-state index contributed by atoms with van der Waals surface area (Å²) in [6, 6.07) is 5.58. The molecule has 2 heterocycles. The van der Waals surface area contributed by atoms with Gasteiger partial charge in [0.2, 0.25) is 0 Å². The second-order valence-corrected chi connectivity index (χ2v) is 5.39. The second kappa shape index (κ2) is 7.51. The molecule has 0 unspecified atom stereocenters. The number of rotatable bonds is 4. The fourth-order valence-corrected chi connectivity index (χ4v) is 2.84. The Morgan fingerprint density at radius 3 is 2.94 bits per heavy atom. The highest BCUT2D eigenvalue weighted by Crippen LogP contribution is 2.19. The van der Waals surface area contributed by atoms with Gasteiger partial charge in [-0.15, -0.1) is 23.7 Å². The monoisotopic (exact) mass is 346 g/mol. The minimum Gasteiger partial charge on any atom is -0.352 e. The number of amides is 1. The zero-order valence-electron chi connectivity index (χ0n) is 9.43. The maximum atomic E-state index is 11.7. The number of halogens is 2. The van der Waals surface area contributed by atoms with Crippen LogP contribution in [-0.2, 0) is 6.42 Å². The smallest absolute Gasteiger partial charge is 0.252 e. The Hall–Kier alpha value is -0.910. The summed E-state index contributed by atoms with van der Waals surface area (Å²) in [5.74, 6) is -0.0753. The van der Waals surface area contributed by atoms with Crippen molar-refractivity contribution in [2.24, 2.45) is 0 Å². The van der Waals surface area contributed by atoms with Crippen molar-refractivity contribution in [3.05, 3.63) is 50.9 Å². The van der Waals surface area contributed by atoms with E-state index in [1.54, 1.807) is 35.9 Å². The summed E-state index contributed by atoms with van der Waals surface area (Å²) in [5, 5.41) is 4.91. The molecule has 18 heavy (non-hydrogen) atoms. The molecule has 0 aliphatic heterocycles. The molecule has 0 aliphatic rings. The average molecular weight is 348 g/mol. The molecule has 0 fully saturated rings. The molecular weight excluding hydrogens is 336 g/mol. The lowest BCUT2D eigenvalue weighted by atomic mass is 10.2. The van der Waals surface area contributed by atoms with Gasteiger partial charge in [-0.1, -0.05) is 0 Å². The highest BCUT2D eigenvalue weighted by molar-refractivity contribution is 9.10. The molecule has 0 saturated carbocycles. The van der Waals surface area contributed by atoms with E-state index in [-0.39, 0.29) is 18.3 Å². The molecule has 0 aliphatic carbocycles. The Bertz CT molecular complexity index is 504. The van der Waals surface area contributed by atoms with Crippen LogP contribution in [0.25, 0.3) is 0 Å². The predicted octanol–water partition coefficient (Wildman–Crippen LogP) is 3.30. The quantitative estimate of drug-likeness (QED) is 0.922. The number of aromatic nitrogens is 1. The van der Waals surface area contributed by atoms with Crippen LogP contribution in [0.5, 0.6) is 0 Å². The molecule has 0 atom stereocenters. The normalized spacial score (nSPS) is 9.61. The van der Waals surface area contributed by atoms with E-state index < -0.39 is 0 Å². The lowest BCUT2D eigenvalue weighted by molar-refractivity contribution is 0.0954. The first-order chi connectivity index (χ1) is 8.25. The molecule has 2 aromatic heterocycles. The Balaban J connectivity index is 0.00000162. The SMILES string of the molecule is Cl.O=C(NCCc1cc(Br)cs1)c1cccnc1. The predicted molar refractivity (Wildman–Crippen MR) is 79.5 cm³/mol. The number of pyridine rings is 1. The van der Waals surface area contributed by atoms with E-state index in [0.717, 1.165) is 10.9 Å². The summed E-state index contributed by atoms with van der Waals surface area (Å²) in [6.45, 7) is 0.640. The molecule has 0 aromatic carbocycles. The van der Waals surface area contributed by atoms with Gasteiger partial charge < -0.3 is 5.32 Å². The van der Waals surface area contributed by atoms with E-state index in [0.29, 0.717) is 12.1 Å². The number of nitrogens with zero attached hydrogens (tertiary/aromatic N) is 1. The molecule has 1 amide bonds. The zero-order chi connectivity index (χ0) is 12.1. The second-order valence-electron chi connectivity index (χ2n) is 3.48. The van der Waals surface area contributed by atoms with Crippen LogP contribution < -0.4 is 5.32 Å². The third-order valence-corrected chi connectivity index (χ3v) is 3.96. The van der Waals surface area contributed by atoms with Gasteiger partial charge in [0.25, 0.3) is 5.91 Å². The topological polar surface area (TPSA) is 42.0 Å². The Morgan fingerprint density at radius 2 is 2.33 bits per heavy atom. The average Bonchev–Trinajstić information content (AvgIpc) is 2.76. The molecule has 1 N–H and O–H groups in total. The minimum absolute atomic E-state index is 0. The molecule has 2 aromatic rings. The standard InChI is InChI=1S/C12H11BrN2OS.ClH/c13-10-6-11(17-8-10)3-5-15-12(16)9-2-1-4-14-7-9;/h1-2,4,6-8H,3,5H2,(H,15,16);1H. The summed E-state index contributed by atoms with van der Waals surface area (Å²) in [6.07, 6.45) is 4.07. The Kier molecular flexibility index (Phi) is 6.32. The lowest BCUT2D eigenvalue weighted by Crippen LogP contribution is -2.25. The van der Waals surface area contributed by atoms with Gasteiger partial charge in [0.15, 0.2) is 0 Å². The van der Waals surface area contributed by atoms with Crippen molar-refractivity contribution in [2.45, 2.75) is 6.42 Å². The van der Waals surface area contributed by atoms with E-state index in [1.807, 2.05) is 5.38 Å². The van der Waals surface area contributed by atoms with Gasteiger partial charge in [-0.2, -0.15) is 0 Å². The fraction of sp³-hybridized carbons (Fsp3) is 0.167. The largest absolute Gasteiger partial charge is 0.352 e. The van der Waals surface area contributed by atoms with Crippen LogP contribution in [0.15, 0.2) is 40.4 Å². The number of carbonyl (C=O) groups excluding carboxylic acids is 1. The van der Waals surface area contributed by atoms with E-state index in [1.165, 1.54) is 4.88 Å². The van der Waals surface area contributed by atoms with Gasteiger partial charge in [-0.3, -0.25) is 9.78 Å². The molecule has 0 radical (unpaired) electrons. The van der Waals surface area contributed by atoms with Gasteiger partial charge in [-0.25, -0.2) is 0 Å². The summed E-state index contributed by atoms with van der Waals surface area (Å²) < 4.78 is 1.09. The molecule has 0 saturated heterocycles. The molecule has 6 heteroatoms. The molecular formula is C12H12BrClN2OS. The van der Waals surface area contributed by atoms with Gasteiger partial charge in [0.05, 0.1) is 5.56 Å². The third kappa shape index (κ3) is 4.40. The first-order valence-corrected chi connectivity index (χ1v) is 6.84. The van der Waals surface area contributed by atoms with Crippen molar-refractivity contribution in [3.8, 4) is 0 Å². The molecule has 2 rings (SSSR count). The van der Waals surface area contributed by atoms with Crippen molar-refractivity contribution < 1.29 is 4.79 Å².